The second kappa shape index (κ2) is 10.6. The summed E-state index contributed by atoms with van der Waals surface area (Å²) in [4.78, 5) is 0. The highest BCUT2D eigenvalue weighted by atomic mass is 28.5. The van der Waals surface area contributed by atoms with Gasteiger partial charge < -0.3 is 32.9 Å². The van der Waals surface area contributed by atoms with Crippen LogP contribution in [0, 0.1) is 0 Å². The molecule has 0 aromatic heterocycles. The molecule has 1 saturated heterocycles. The first-order valence-electron chi connectivity index (χ1n) is 11.7. The van der Waals surface area contributed by atoms with Crippen molar-refractivity contribution in [2.75, 3.05) is 0 Å². The highest BCUT2D eigenvalue weighted by Gasteiger charge is 2.52. The maximum Gasteiger partial charge on any atom is 0.343 e. The van der Waals surface area contributed by atoms with Gasteiger partial charge in [0.25, 0.3) is 0 Å². The molecule has 0 aromatic rings. The molecule has 1 fully saturated rings. The monoisotopic (exact) mass is 616 g/mol. The summed E-state index contributed by atoms with van der Waals surface area (Å²) in [6.45, 7) is 36.4. The van der Waals surface area contributed by atoms with Gasteiger partial charge >= 0.3 is 68.5 Å². The van der Waals surface area contributed by atoms with Crippen LogP contribution >= 0.6 is 0 Å². The normalized spacial score (nSPS) is 35.7. The van der Waals surface area contributed by atoms with E-state index >= 15 is 0 Å². The Balaban J connectivity index is 3.53. The van der Waals surface area contributed by atoms with Crippen LogP contribution < -0.4 is 0 Å². The molecule has 0 aromatic carbocycles. The lowest BCUT2D eigenvalue weighted by atomic mass is 11.3. The molecule has 16 heteroatoms. The summed E-state index contributed by atoms with van der Waals surface area (Å²) in [6.07, 6.45) is 0. The lowest BCUT2D eigenvalue weighted by Crippen LogP contribution is -2.64. The van der Waals surface area contributed by atoms with Crippen LogP contribution in [0.5, 0.6) is 0 Å². The molecule has 8 nitrogen and oxygen atoms in total. The minimum Gasteiger partial charge on any atom is -0.416 e. The first-order valence-corrected chi connectivity index (χ1v) is 33.3. The minimum atomic E-state index is -2.81. The quantitative estimate of drug-likeness (QED) is 0.353. The maximum absolute atomic E-state index is 6.64. The molecule has 1 heterocycles. The molecule has 0 unspecified atom stereocenters. The zero-order valence-electron chi connectivity index (χ0n) is 23.8. The van der Waals surface area contributed by atoms with Crippen LogP contribution in [0.3, 0.4) is 0 Å². The zero-order chi connectivity index (χ0) is 27.1. The van der Waals surface area contributed by atoms with E-state index in [9.17, 15) is 0 Å². The maximum atomic E-state index is 6.64. The van der Waals surface area contributed by atoms with Gasteiger partial charge in [0.2, 0.25) is 0 Å². The highest BCUT2D eigenvalue weighted by molar-refractivity contribution is 6.95. The molecule has 0 N–H and O–H groups in total. The summed E-state index contributed by atoms with van der Waals surface area (Å²) < 4.78 is 53.0. The topological polar surface area (TPSA) is 73.8 Å². The molecule has 0 amide bonds. The summed E-state index contributed by atoms with van der Waals surface area (Å²) in [5, 5.41) is 0. The highest BCUT2D eigenvalue weighted by Crippen LogP contribution is 2.32. The van der Waals surface area contributed by atoms with Crippen molar-refractivity contribution >= 4 is 68.5 Å². The Morgan fingerprint density at radius 1 is 0.324 bits per heavy atom. The van der Waals surface area contributed by atoms with Crippen LogP contribution in [-0.2, 0) is 32.9 Å². The van der Waals surface area contributed by atoms with Crippen molar-refractivity contribution in [1.29, 1.82) is 0 Å². The van der Waals surface area contributed by atoms with Gasteiger partial charge in [0, 0.05) is 0 Å². The Hall–Kier alpha value is 0.895. The van der Waals surface area contributed by atoms with Gasteiger partial charge in [-0.1, -0.05) is 11.4 Å². The Kier molecular flexibility index (Phi) is 10.2. The molecule has 0 atom stereocenters. The zero-order valence-corrected chi connectivity index (χ0v) is 31.8. The molecule has 200 valence electrons. The van der Waals surface area contributed by atoms with E-state index in [1.807, 2.05) is 103 Å². The Labute approximate surface area is 216 Å². The van der Waals surface area contributed by atoms with Crippen molar-refractivity contribution in [3.63, 3.8) is 0 Å². The fourth-order valence-corrected chi connectivity index (χ4v) is 44.9. The Bertz CT molecular complexity index is 650. The van der Waals surface area contributed by atoms with Gasteiger partial charge in [0.15, 0.2) is 0 Å². The number of hydrogen-bond donors (Lipinski definition) is 0. The van der Waals surface area contributed by atoms with Crippen molar-refractivity contribution in [1.82, 2.24) is 0 Å². The molecule has 0 spiro atoms. The Morgan fingerprint density at radius 3 is 0.618 bits per heavy atom. The molecule has 0 aliphatic carbocycles. The van der Waals surface area contributed by atoms with Gasteiger partial charge in [-0.15, -0.1) is 13.2 Å². The standard InChI is InChI=1S/C18H48O8Si8/c1-17-33(15)23-29(7,8)19-27(3,4)21-31(11,12)25-34(16,18-2)26-32(13,14)22-28(5,6)20-30(9,10)24-33/h17-18H,1-2H2,3-16H3. The second-order valence-corrected chi connectivity index (χ2v) is 39.9. The van der Waals surface area contributed by atoms with Gasteiger partial charge in [-0.05, 0) is 91.7 Å². The van der Waals surface area contributed by atoms with Crippen molar-refractivity contribution in [2.45, 2.75) is 91.7 Å². The van der Waals surface area contributed by atoms with Crippen molar-refractivity contribution < 1.29 is 32.9 Å². The average Bonchev–Trinajstić information content (AvgIpc) is 2.45. The molecule has 1 aliphatic heterocycles. The van der Waals surface area contributed by atoms with Crippen LogP contribution in [0.4, 0.5) is 0 Å². The van der Waals surface area contributed by atoms with Gasteiger partial charge in [0.05, 0.1) is 0 Å². The average molecular weight is 617 g/mol. The van der Waals surface area contributed by atoms with E-state index in [0.717, 1.165) is 0 Å². The van der Waals surface area contributed by atoms with Crippen LogP contribution in [-0.4, -0.2) is 68.5 Å². The predicted octanol–water partition coefficient (Wildman–Crippen LogP) is 5.94. The fraction of sp³-hybridized carbons (Fsp3) is 0.778. The third-order valence-electron chi connectivity index (χ3n) is 4.50. The lowest BCUT2D eigenvalue weighted by Gasteiger charge is -2.46. The van der Waals surface area contributed by atoms with Gasteiger partial charge in [0.1, 0.15) is 0 Å². The summed E-state index contributed by atoms with van der Waals surface area (Å²) in [6, 6.07) is 0. The molecule has 34 heavy (non-hydrogen) atoms. The van der Waals surface area contributed by atoms with Crippen LogP contribution in [0.15, 0.2) is 24.6 Å². The summed E-state index contributed by atoms with van der Waals surface area (Å²) >= 11 is 0. The summed E-state index contributed by atoms with van der Waals surface area (Å²) in [5.41, 5.74) is 3.61. The van der Waals surface area contributed by atoms with E-state index in [2.05, 4.69) is 13.2 Å². The van der Waals surface area contributed by atoms with Gasteiger partial charge in [-0.2, -0.15) is 0 Å². The van der Waals surface area contributed by atoms with E-state index in [1.165, 1.54) is 0 Å². The largest absolute Gasteiger partial charge is 0.416 e. The molecule has 1 aliphatic rings. The fourth-order valence-electron chi connectivity index (χ4n) is 4.65. The van der Waals surface area contributed by atoms with E-state index in [0.29, 0.717) is 0 Å². The number of rotatable bonds is 2. The lowest BCUT2D eigenvalue weighted by molar-refractivity contribution is 0.244. The molecule has 1 rings (SSSR count). The van der Waals surface area contributed by atoms with Gasteiger partial charge in [-0.3, -0.25) is 0 Å². The van der Waals surface area contributed by atoms with E-state index in [-0.39, 0.29) is 0 Å². The number of hydrogen-bond acceptors (Lipinski definition) is 8. The van der Waals surface area contributed by atoms with Crippen LogP contribution in [0.1, 0.15) is 0 Å². The van der Waals surface area contributed by atoms with Gasteiger partial charge in [-0.25, -0.2) is 0 Å². The third kappa shape index (κ3) is 11.1. The summed E-state index contributed by atoms with van der Waals surface area (Å²) in [7, 11) is -21.5. The van der Waals surface area contributed by atoms with E-state index < -0.39 is 68.5 Å². The molecular formula is C18H48O8Si8. The Morgan fingerprint density at radius 2 is 0.471 bits per heavy atom. The molecular weight excluding hydrogens is 569 g/mol. The SMILES string of the molecule is C=C[Si]1(C)O[Si](C)(C)O[Si](C)(C)O[Si](C)(C)O[Si](C)(C=C)O[Si](C)(C)O[Si](C)(C)O[Si](C)(C)O1. The second-order valence-electron chi connectivity index (χ2n) is 11.7. The van der Waals surface area contributed by atoms with Crippen molar-refractivity contribution in [2.24, 2.45) is 0 Å². The third-order valence-corrected chi connectivity index (χ3v) is 36.1. The predicted molar refractivity (Wildman–Crippen MR) is 157 cm³/mol. The molecule has 0 saturated carbocycles. The molecule has 0 bridgehead atoms. The smallest absolute Gasteiger partial charge is 0.343 e. The first-order chi connectivity index (χ1) is 14.8. The van der Waals surface area contributed by atoms with Crippen molar-refractivity contribution in [3.8, 4) is 0 Å². The minimum absolute atomic E-state index is 1.81. The van der Waals surface area contributed by atoms with Crippen LogP contribution in [0.2, 0.25) is 91.7 Å². The van der Waals surface area contributed by atoms with Crippen LogP contribution in [0.25, 0.3) is 0 Å². The first kappa shape index (κ1) is 32.9. The van der Waals surface area contributed by atoms with E-state index in [4.69, 9.17) is 32.9 Å². The van der Waals surface area contributed by atoms with Crippen molar-refractivity contribution in [3.05, 3.63) is 24.6 Å². The summed E-state index contributed by atoms with van der Waals surface area (Å²) in [5.74, 6) is 0. The molecule has 0 radical (unpaired) electrons. The van der Waals surface area contributed by atoms with E-state index in [1.54, 1.807) is 0 Å².